The zero-order chi connectivity index (χ0) is 89.9. The molecule has 6 amide bonds. The summed E-state index contributed by atoms with van der Waals surface area (Å²) in [5, 5.41) is 11.0. The van der Waals surface area contributed by atoms with Gasteiger partial charge in [0, 0.05) is 133 Å². The Morgan fingerprint density at radius 1 is 0.349 bits per heavy atom. The first-order valence-corrected chi connectivity index (χ1v) is 43.8. The van der Waals surface area contributed by atoms with Gasteiger partial charge >= 0.3 is 36.6 Å². The van der Waals surface area contributed by atoms with E-state index in [2.05, 4.69) is 63.8 Å². The molecule has 126 heavy (non-hydrogen) atoms. The van der Waals surface area contributed by atoms with E-state index in [9.17, 15) is 28.8 Å². The molecule has 9 heterocycles. The summed E-state index contributed by atoms with van der Waals surface area (Å²) in [6.07, 6.45) is 18.1. The summed E-state index contributed by atoms with van der Waals surface area (Å²) in [6.45, 7) is 29.0. The van der Waals surface area contributed by atoms with Crippen LogP contribution in [0, 0.1) is 0 Å². The van der Waals surface area contributed by atoms with E-state index in [1.165, 1.54) is 0 Å². The largest absolute Gasteiger partial charge is 0.447 e. The minimum Gasteiger partial charge on any atom is -0.447 e. The third-order valence-corrected chi connectivity index (χ3v) is 22.9. The molecule has 3 fully saturated rings. The second-order valence-corrected chi connectivity index (χ2v) is 34.7. The minimum absolute atomic E-state index is 0.173. The van der Waals surface area contributed by atoms with Gasteiger partial charge in [-0.3, -0.25) is 29.7 Å². The van der Waals surface area contributed by atoms with Crippen LogP contribution in [0.15, 0.2) is 147 Å². The zero-order valence-electron chi connectivity index (χ0n) is 73.7. The molecule has 3 aromatic carbocycles. The lowest BCUT2D eigenvalue weighted by atomic mass is 9.90. The molecule has 0 saturated carbocycles. The highest BCUT2D eigenvalue weighted by Gasteiger charge is 2.42. The number of pyridine rings is 3. The normalized spacial score (nSPS) is 17.7. The number of nitrogens with one attached hydrogen (secondary N) is 3. The number of amides is 6. The number of carbonyl (C=O) groups is 6. The smallest absolute Gasteiger partial charge is 0.410 e. The summed E-state index contributed by atoms with van der Waals surface area (Å²) in [5.74, 6) is 0. The third kappa shape index (κ3) is 21.9. The summed E-state index contributed by atoms with van der Waals surface area (Å²) in [5.41, 5.74) is 16.0. The third-order valence-electron chi connectivity index (χ3n) is 22.2. The van der Waals surface area contributed by atoms with Crippen molar-refractivity contribution < 1.29 is 57.2 Å². The summed E-state index contributed by atoms with van der Waals surface area (Å²) in [4.78, 5) is 117. The number of imidazole rings is 3. The van der Waals surface area contributed by atoms with Crippen LogP contribution in [0.25, 0.3) is 34.9 Å². The fraction of sp³-hybridized carbons (Fsp3) is 0.419. The topological polar surface area (TPSA) is 305 Å². The summed E-state index contributed by atoms with van der Waals surface area (Å²) in [6, 6.07) is 27.0. The molecule has 6 aromatic heterocycles. The molecule has 0 radical (unpaired) electrons. The molecule has 666 valence electrons. The van der Waals surface area contributed by atoms with Crippen molar-refractivity contribution in [3.8, 4) is 0 Å². The van der Waals surface area contributed by atoms with Crippen molar-refractivity contribution in [3.05, 3.63) is 246 Å². The number of hydrogen-bond acceptors (Lipinski definition) is 21. The maximum Gasteiger partial charge on any atom is 0.410 e. The molecule has 33 heteroatoms. The number of nitrogens with zero attached hydrogens (tertiary/aromatic N) is 15. The standard InChI is InChI=1S/3C31H37ClN6O4/c3*1-19(2)41-30(39)35-28(26-17-33-18-36(26)5)25-15-21-7-6-10-34-27(21)29(23-9-8-22(32)16-24(23)25)37-11-13-38(14-12-37)31(40)42-20(3)4/h3*6-10,15-20,28-29H,11-14H2,1-5H3,(H,35,39)/t2*28-,29?;/m10./s1. The molecule has 4 unspecified atom stereocenters. The lowest BCUT2D eigenvalue weighted by Crippen LogP contribution is -2.50. The molecule has 0 spiro atoms. The van der Waals surface area contributed by atoms with Crippen molar-refractivity contribution >= 4 is 106 Å². The number of ether oxygens (including phenoxy) is 6. The van der Waals surface area contributed by atoms with Crippen LogP contribution in [-0.4, -0.2) is 225 Å². The summed E-state index contributed by atoms with van der Waals surface area (Å²) in [7, 11) is 5.68. The highest BCUT2D eigenvalue weighted by Crippen LogP contribution is 2.49. The molecule has 3 saturated heterocycles. The fourth-order valence-corrected chi connectivity index (χ4v) is 17.2. The maximum atomic E-state index is 13.0. The number of halogens is 3. The van der Waals surface area contributed by atoms with E-state index in [4.69, 9.17) is 78.2 Å². The minimum atomic E-state index is -0.588. The molecule has 6 atom stereocenters. The van der Waals surface area contributed by atoms with E-state index >= 15 is 0 Å². The number of aromatic nitrogens is 9. The van der Waals surface area contributed by atoms with Gasteiger partial charge in [-0.15, -0.1) is 0 Å². The second-order valence-electron chi connectivity index (χ2n) is 33.4. The van der Waals surface area contributed by atoms with Crippen molar-refractivity contribution in [2.75, 3.05) is 78.5 Å². The Morgan fingerprint density at radius 3 is 0.817 bits per heavy atom. The number of benzene rings is 3. The summed E-state index contributed by atoms with van der Waals surface area (Å²) >= 11 is 19.9. The maximum absolute atomic E-state index is 13.0. The number of piperazine rings is 3. The summed E-state index contributed by atoms with van der Waals surface area (Å²) < 4.78 is 38.4. The highest BCUT2D eigenvalue weighted by molar-refractivity contribution is 6.31. The fourth-order valence-electron chi connectivity index (χ4n) is 16.7. The van der Waals surface area contributed by atoms with E-state index in [0.29, 0.717) is 93.6 Å². The number of rotatable bonds is 18. The van der Waals surface area contributed by atoms with Crippen LogP contribution in [-0.2, 0) is 49.6 Å². The van der Waals surface area contributed by atoms with Crippen LogP contribution in [0.3, 0.4) is 0 Å². The van der Waals surface area contributed by atoms with Crippen molar-refractivity contribution in [1.82, 2.24) is 89.0 Å². The van der Waals surface area contributed by atoms with Crippen LogP contribution in [0.2, 0.25) is 15.1 Å². The Balaban J connectivity index is 0.000000162. The Morgan fingerprint density at radius 2 is 0.595 bits per heavy atom. The van der Waals surface area contributed by atoms with Gasteiger partial charge in [0.1, 0.15) is 0 Å². The molecule has 3 aliphatic heterocycles. The first-order valence-electron chi connectivity index (χ1n) is 42.6. The Labute approximate surface area is 750 Å². The van der Waals surface area contributed by atoms with Crippen molar-refractivity contribution in [2.24, 2.45) is 21.1 Å². The Bertz CT molecular complexity index is 4960. The van der Waals surface area contributed by atoms with Gasteiger partial charge in [-0.25, -0.2) is 43.7 Å². The zero-order valence-corrected chi connectivity index (χ0v) is 76.0. The van der Waals surface area contributed by atoms with Crippen molar-refractivity contribution in [1.29, 1.82) is 0 Å². The van der Waals surface area contributed by atoms with Gasteiger partial charge in [0.15, 0.2) is 0 Å². The first-order chi connectivity index (χ1) is 60.4. The van der Waals surface area contributed by atoms with E-state index in [1.54, 1.807) is 70.9 Å². The predicted octanol–water partition coefficient (Wildman–Crippen LogP) is 16.4. The monoisotopic (exact) mass is 1780 g/mol. The predicted molar refractivity (Wildman–Crippen MR) is 483 cm³/mol. The molecule has 15 rings (SSSR count). The molecule has 6 aliphatic rings. The van der Waals surface area contributed by atoms with Crippen LogP contribution >= 0.6 is 34.8 Å². The van der Waals surface area contributed by atoms with Crippen LogP contribution in [0.1, 0.15) is 204 Å². The SMILES string of the molecule is CC(C)OC(=O)NC(C1=Cc2cccnc2C(N2CCN(C(=O)OC(C)C)CC2)c2ccc(Cl)cc21)c1cncn1C.CC(C)OC(=O)N[C@@H](C1=Cc2cccnc2C(N2CCN(C(=O)OC(C)C)CC2)c2ccc(Cl)cc21)c1cncn1C.CC(C)OC(=O)N[C@H](C1=Cc2cccnc2C(N2CCN(C(=O)OC(C)C)CC2)c2ccc(Cl)cc21)c1cncn1C. The van der Waals surface area contributed by atoms with Gasteiger partial charge in [-0.2, -0.15) is 0 Å². The number of hydrogen-bond donors (Lipinski definition) is 3. The molecule has 0 bridgehead atoms. The van der Waals surface area contributed by atoms with E-state index in [-0.39, 0.29) is 73.0 Å². The van der Waals surface area contributed by atoms with Gasteiger partial charge < -0.3 is 72.8 Å². The van der Waals surface area contributed by atoms with Gasteiger partial charge in [-0.05, 0) is 223 Å². The molecule has 30 nitrogen and oxygen atoms in total. The number of carbonyl (C=O) groups excluding carboxylic acids is 6. The lowest BCUT2D eigenvalue weighted by Gasteiger charge is -2.39. The van der Waals surface area contributed by atoms with Crippen LogP contribution in [0.4, 0.5) is 28.8 Å². The second kappa shape index (κ2) is 41.2. The van der Waals surface area contributed by atoms with E-state index in [1.807, 2.05) is 209 Å². The van der Waals surface area contributed by atoms with Gasteiger partial charge in [0.25, 0.3) is 0 Å². The number of alkyl carbamates (subject to hydrolysis) is 3. The van der Waals surface area contributed by atoms with Crippen molar-refractivity contribution in [3.63, 3.8) is 0 Å². The highest BCUT2D eigenvalue weighted by atomic mass is 35.5. The first kappa shape index (κ1) is 92.0. The molecule has 9 aromatic rings. The van der Waals surface area contributed by atoms with Gasteiger partial charge in [0.05, 0.1) is 145 Å². The molecule has 3 N–H and O–H groups in total. The van der Waals surface area contributed by atoms with Crippen LogP contribution in [0.5, 0.6) is 0 Å². The number of fused-ring (bicyclic) bond motifs is 6. The van der Waals surface area contributed by atoms with E-state index in [0.717, 1.165) is 101 Å². The van der Waals surface area contributed by atoms with Crippen LogP contribution < -0.4 is 16.0 Å². The lowest BCUT2D eigenvalue weighted by molar-refractivity contribution is 0.0506. The van der Waals surface area contributed by atoms with Gasteiger partial charge in [-0.1, -0.05) is 71.2 Å². The quantitative estimate of drug-likeness (QED) is 0.0672. The average Bonchev–Trinajstić information content (AvgIpc) is 1.61. The van der Waals surface area contributed by atoms with Gasteiger partial charge in [0.2, 0.25) is 0 Å². The Hall–Kier alpha value is -11.7. The molecule has 3 aliphatic carbocycles. The number of aryl methyl sites for hydroxylation is 3. The van der Waals surface area contributed by atoms with Crippen molar-refractivity contribution in [2.45, 2.75) is 156 Å². The Kier molecular flexibility index (Phi) is 30.1. The molecular weight excluding hydrogens is 1670 g/mol. The molecular formula is C93H111Cl3N18O12. The van der Waals surface area contributed by atoms with E-state index < -0.39 is 36.4 Å². The average molecular weight is 1780 g/mol.